The largest absolute Gasteiger partial charge is 0.480 e. The first-order valence-corrected chi connectivity index (χ1v) is 5.92. The summed E-state index contributed by atoms with van der Waals surface area (Å²) in [6.45, 7) is 0.950. The smallest absolute Gasteiger partial charge is 0.338 e. The van der Waals surface area contributed by atoms with Gasteiger partial charge in [0, 0.05) is 0 Å². The number of hydrogen-bond donors (Lipinski definition) is 3. The van der Waals surface area contributed by atoms with Crippen LogP contribution in [0.4, 0.5) is 0 Å². The minimum Gasteiger partial charge on any atom is -0.480 e. The van der Waals surface area contributed by atoms with Gasteiger partial charge in [0.2, 0.25) is 5.91 Å². The van der Waals surface area contributed by atoms with E-state index in [0.29, 0.717) is 5.56 Å². The molecule has 1 rings (SSSR count). The minimum absolute atomic E-state index is 0.301. The van der Waals surface area contributed by atoms with Gasteiger partial charge in [-0.3, -0.25) is 4.79 Å². The van der Waals surface area contributed by atoms with Crippen LogP contribution in [0.5, 0.6) is 0 Å². The maximum Gasteiger partial charge on any atom is 0.338 e. The highest BCUT2D eigenvalue weighted by atomic mass is 16.5. The number of nitrogens with two attached hydrogens (primary N) is 1. The standard InChI is InChI=1S/C13H16N2O5/c1-8(14)11(16)15-10(12(17)18)7-20-13(19)9-5-3-2-4-6-9/h2-6,8,10H,7,14H2,1H3,(H,15,16)(H,17,18)/t8-,10+/m1/s1. The van der Waals surface area contributed by atoms with Crippen molar-refractivity contribution in [2.45, 2.75) is 19.0 Å². The van der Waals surface area contributed by atoms with Crippen molar-refractivity contribution < 1.29 is 24.2 Å². The molecule has 0 fully saturated rings. The highest BCUT2D eigenvalue weighted by Gasteiger charge is 2.23. The first kappa shape index (κ1) is 15.6. The fraction of sp³-hybridized carbons (Fsp3) is 0.308. The van der Waals surface area contributed by atoms with E-state index in [4.69, 9.17) is 15.6 Å². The zero-order chi connectivity index (χ0) is 15.1. The SMILES string of the molecule is C[C@@H](N)C(=O)N[C@@H](COC(=O)c1ccccc1)C(=O)O. The number of rotatable bonds is 6. The number of nitrogens with one attached hydrogen (secondary N) is 1. The van der Waals surface area contributed by atoms with Gasteiger partial charge >= 0.3 is 11.9 Å². The summed E-state index contributed by atoms with van der Waals surface area (Å²) >= 11 is 0. The van der Waals surface area contributed by atoms with E-state index in [0.717, 1.165) is 0 Å². The van der Waals surface area contributed by atoms with Gasteiger partial charge in [0.05, 0.1) is 11.6 Å². The molecule has 1 aromatic rings. The van der Waals surface area contributed by atoms with Crippen LogP contribution in [0.3, 0.4) is 0 Å². The van der Waals surface area contributed by atoms with E-state index in [-0.39, 0.29) is 0 Å². The lowest BCUT2D eigenvalue weighted by atomic mass is 10.2. The molecule has 1 aromatic carbocycles. The lowest BCUT2D eigenvalue weighted by Crippen LogP contribution is -2.49. The number of amides is 1. The van der Waals surface area contributed by atoms with Crippen LogP contribution in [0.15, 0.2) is 30.3 Å². The van der Waals surface area contributed by atoms with Crippen LogP contribution in [-0.2, 0) is 14.3 Å². The average molecular weight is 280 g/mol. The highest BCUT2D eigenvalue weighted by Crippen LogP contribution is 2.01. The molecule has 0 heterocycles. The molecule has 0 bridgehead atoms. The van der Waals surface area contributed by atoms with E-state index >= 15 is 0 Å². The number of carboxylic acids is 1. The van der Waals surface area contributed by atoms with Gasteiger partial charge in [0.25, 0.3) is 0 Å². The molecule has 4 N–H and O–H groups in total. The Morgan fingerprint density at radius 3 is 2.40 bits per heavy atom. The topological polar surface area (TPSA) is 119 Å². The van der Waals surface area contributed by atoms with Crippen molar-refractivity contribution in [1.29, 1.82) is 0 Å². The summed E-state index contributed by atoms with van der Waals surface area (Å²) < 4.78 is 4.86. The van der Waals surface area contributed by atoms with Crippen molar-refractivity contribution in [3.8, 4) is 0 Å². The van der Waals surface area contributed by atoms with E-state index in [1.807, 2.05) is 0 Å². The van der Waals surface area contributed by atoms with Gasteiger partial charge in [0.15, 0.2) is 6.04 Å². The zero-order valence-corrected chi connectivity index (χ0v) is 10.9. The number of esters is 1. The van der Waals surface area contributed by atoms with E-state index in [1.54, 1.807) is 30.3 Å². The third-order valence-corrected chi connectivity index (χ3v) is 2.42. The lowest BCUT2D eigenvalue weighted by molar-refractivity contribution is -0.143. The van der Waals surface area contributed by atoms with Gasteiger partial charge in [-0.2, -0.15) is 0 Å². The predicted molar refractivity (Wildman–Crippen MR) is 69.9 cm³/mol. The molecular weight excluding hydrogens is 264 g/mol. The Morgan fingerprint density at radius 2 is 1.90 bits per heavy atom. The fourth-order valence-corrected chi connectivity index (χ4v) is 1.29. The molecule has 0 aliphatic carbocycles. The Balaban J connectivity index is 2.57. The van der Waals surface area contributed by atoms with Crippen molar-refractivity contribution in [2.75, 3.05) is 6.61 Å². The van der Waals surface area contributed by atoms with Crippen LogP contribution >= 0.6 is 0 Å². The number of carbonyl (C=O) groups is 3. The van der Waals surface area contributed by atoms with Crippen molar-refractivity contribution in [1.82, 2.24) is 5.32 Å². The van der Waals surface area contributed by atoms with E-state index in [9.17, 15) is 14.4 Å². The van der Waals surface area contributed by atoms with Gasteiger partial charge in [-0.25, -0.2) is 9.59 Å². The second-order valence-electron chi connectivity index (χ2n) is 4.15. The Labute approximate surface area is 115 Å². The second-order valence-corrected chi connectivity index (χ2v) is 4.15. The Morgan fingerprint density at radius 1 is 1.30 bits per heavy atom. The first-order valence-electron chi connectivity index (χ1n) is 5.92. The van der Waals surface area contributed by atoms with Gasteiger partial charge in [-0.15, -0.1) is 0 Å². The quantitative estimate of drug-likeness (QED) is 0.619. The summed E-state index contributed by atoms with van der Waals surface area (Å²) in [7, 11) is 0. The third-order valence-electron chi connectivity index (χ3n) is 2.42. The number of ether oxygens (including phenoxy) is 1. The summed E-state index contributed by atoms with van der Waals surface area (Å²) in [5, 5.41) is 11.1. The van der Waals surface area contributed by atoms with E-state index < -0.39 is 36.5 Å². The van der Waals surface area contributed by atoms with Gasteiger partial charge in [0.1, 0.15) is 6.61 Å². The Bertz CT molecular complexity index is 487. The molecule has 0 unspecified atom stereocenters. The molecule has 1 amide bonds. The maximum absolute atomic E-state index is 11.6. The molecule has 0 aromatic heterocycles. The normalized spacial score (nSPS) is 13.1. The molecule has 108 valence electrons. The van der Waals surface area contributed by atoms with E-state index in [2.05, 4.69) is 5.32 Å². The van der Waals surface area contributed by atoms with Crippen molar-refractivity contribution in [3.63, 3.8) is 0 Å². The van der Waals surface area contributed by atoms with Crippen LogP contribution in [0.25, 0.3) is 0 Å². The predicted octanol–water partition coefficient (Wildman–Crippen LogP) is -0.240. The molecule has 20 heavy (non-hydrogen) atoms. The summed E-state index contributed by atoms with van der Waals surface area (Å²) in [6.07, 6.45) is 0. The van der Waals surface area contributed by atoms with Gasteiger partial charge in [-0.1, -0.05) is 18.2 Å². The van der Waals surface area contributed by atoms with Crippen LogP contribution in [0.1, 0.15) is 17.3 Å². The van der Waals surface area contributed by atoms with Crippen molar-refractivity contribution in [3.05, 3.63) is 35.9 Å². The molecule has 0 saturated heterocycles. The molecule has 0 saturated carbocycles. The molecule has 0 aliphatic heterocycles. The number of hydrogen-bond acceptors (Lipinski definition) is 5. The van der Waals surface area contributed by atoms with Crippen LogP contribution in [0.2, 0.25) is 0 Å². The summed E-state index contributed by atoms with van der Waals surface area (Å²) in [5.41, 5.74) is 5.62. The Hall–Kier alpha value is -2.41. The molecule has 0 radical (unpaired) electrons. The number of carbonyl (C=O) groups excluding carboxylic acids is 2. The first-order chi connectivity index (χ1) is 9.41. The average Bonchev–Trinajstić information content (AvgIpc) is 2.43. The minimum atomic E-state index is -1.33. The number of carboxylic acid groups (broad SMARTS) is 1. The second kappa shape index (κ2) is 7.25. The summed E-state index contributed by atoms with van der Waals surface area (Å²) in [4.78, 5) is 33.9. The van der Waals surface area contributed by atoms with Crippen molar-refractivity contribution >= 4 is 17.8 Å². The summed E-state index contributed by atoms with van der Waals surface area (Å²) in [6, 6.07) is 5.95. The highest BCUT2D eigenvalue weighted by molar-refractivity contribution is 5.90. The van der Waals surface area contributed by atoms with Gasteiger partial charge in [-0.05, 0) is 19.1 Å². The molecular formula is C13H16N2O5. The molecule has 7 nitrogen and oxygen atoms in total. The van der Waals surface area contributed by atoms with Crippen LogP contribution in [0, 0.1) is 0 Å². The lowest BCUT2D eigenvalue weighted by Gasteiger charge is -2.16. The summed E-state index contributed by atoms with van der Waals surface area (Å²) in [5.74, 6) is -2.60. The fourth-order valence-electron chi connectivity index (χ4n) is 1.29. The molecule has 0 aliphatic rings. The van der Waals surface area contributed by atoms with Crippen LogP contribution < -0.4 is 11.1 Å². The van der Waals surface area contributed by atoms with Crippen LogP contribution in [-0.4, -0.2) is 41.6 Å². The Kier molecular flexibility index (Phi) is 5.67. The maximum atomic E-state index is 11.6. The van der Waals surface area contributed by atoms with Crippen molar-refractivity contribution in [2.24, 2.45) is 5.73 Å². The molecule has 0 spiro atoms. The number of benzene rings is 1. The monoisotopic (exact) mass is 280 g/mol. The molecule has 2 atom stereocenters. The van der Waals surface area contributed by atoms with E-state index in [1.165, 1.54) is 6.92 Å². The number of aliphatic carboxylic acids is 1. The third kappa shape index (κ3) is 4.69. The molecule has 7 heteroatoms. The van der Waals surface area contributed by atoms with Gasteiger partial charge < -0.3 is 20.9 Å². The zero-order valence-electron chi connectivity index (χ0n) is 10.9.